The number of hydrogen-bond donors (Lipinski definition) is 1. The van der Waals surface area contributed by atoms with Gasteiger partial charge < -0.3 is 4.74 Å². The monoisotopic (exact) mass is 464 g/mol. The lowest BCUT2D eigenvalue weighted by atomic mass is 10.2. The van der Waals surface area contributed by atoms with Gasteiger partial charge in [0.05, 0.1) is 19.1 Å². The minimum atomic E-state index is -3.68. The summed E-state index contributed by atoms with van der Waals surface area (Å²) in [7, 11) is -2.20. The van der Waals surface area contributed by atoms with Gasteiger partial charge in [-0.25, -0.2) is 8.42 Å². The third kappa shape index (κ3) is 6.18. The predicted octanol–water partition coefficient (Wildman–Crippen LogP) is 3.24. The van der Waals surface area contributed by atoms with Gasteiger partial charge in [0, 0.05) is 11.8 Å². The van der Waals surface area contributed by atoms with Crippen LogP contribution in [0.1, 0.15) is 5.56 Å². The zero-order valence-corrected chi connectivity index (χ0v) is 18.8. The fraction of sp³-hybridized carbons (Fsp3) is 0.211. The average Bonchev–Trinajstić information content (AvgIpc) is 3.17. The molecule has 0 bridgehead atoms. The molecule has 0 saturated heterocycles. The molecule has 0 aliphatic heterocycles. The van der Waals surface area contributed by atoms with Crippen molar-refractivity contribution >= 4 is 49.8 Å². The highest BCUT2D eigenvalue weighted by Crippen LogP contribution is 2.28. The minimum Gasteiger partial charge on any atom is -0.497 e. The van der Waals surface area contributed by atoms with Crippen molar-refractivity contribution in [3.8, 4) is 5.75 Å². The molecule has 3 rings (SSSR count). The number of nitrogens with zero attached hydrogens (tertiary/aromatic N) is 3. The summed E-state index contributed by atoms with van der Waals surface area (Å²) >= 11 is 2.75. The number of nitrogens with one attached hydrogen (secondary N) is 1. The molecule has 3 aromatic rings. The molecule has 158 valence electrons. The van der Waals surface area contributed by atoms with E-state index in [1.165, 1.54) is 30.2 Å². The van der Waals surface area contributed by atoms with Crippen LogP contribution in [0.15, 0.2) is 58.9 Å². The summed E-state index contributed by atoms with van der Waals surface area (Å²) in [5, 5.41) is 11.0. The largest absolute Gasteiger partial charge is 0.497 e. The molecule has 0 fully saturated rings. The quantitative estimate of drug-likeness (QED) is 0.383. The van der Waals surface area contributed by atoms with E-state index in [-0.39, 0.29) is 0 Å². The maximum atomic E-state index is 12.5. The first-order valence-corrected chi connectivity index (χ1v) is 12.4. The van der Waals surface area contributed by atoms with Gasteiger partial charge >= 0.3 is 0 Å². The summed E-state index contributed by atoms with van der Waals surface area (Å²) in [6.45, 7) is -0.391. The number of methoxy groups -OCH3 is 1. The van der Waals surface area contributed by atoms with Crippen molar-refractivity contribution in [2.24, 2.45) is 0 Å². The maximum absolute atomic E-state index is 12.5. The Balaban J connectivity index is 1.64. The van der Waals surface area contributed by atoms with Gasteiger partial charge in [0.2, 0.25) is 21.1 Å². The van der Waals surface area contributed by atoms with Crippen molar-refractivity contribution < 1.29 is 17.9 Å². The minimum absolute atomic E-state index is 0.314. The number of hydrogen-bond acceptors (Lipinski definition) is 8. The molecule has 1 heterocycles. The highest BCUT2D eigenvalue weighted by molar-refractivity contribution is 8.00. The SMILES string of the molecule is COc1cccc(N(CC(=O)Nc2nnc(SCc3ccccc3)s2)S(C)(=O)=O)c1. The van der Waals surface area contributed by atoms with Crippen molar-refractivity contribution in [1.82, 2.24) is 10.2 Å². The van der Waals surface area contributed by atoms with Gasteiger partial charge in [-0.15, -0.1) is 10.2 Å². The molecule has 0 unspecified atom stereocenters. The molecule has 30 heavy (non-hydrogen) atoms. The highest BCUT2D eigenvalue weighted by atomic mass is 32.2. The second kappa shape index (κ2) is 9.92. The first-order chi connectivity index (χ1) is 14.3. The number of aromatic nitrogens is 2. The number of benzene rings is 2. The van der Waals surface area contributed by atoms with Crippen LogP contribution in [-0.4, -0.2) is 44.4 Å². The van der Waals surface area contributed by atoms with Crippen molar-refractivity contribution in [3.63, 3.8) is 0 Å². The second-order valence-corrected chi connectivity index (χ2v) is 10.3. The fourth-order valence-electron chi connectivity index (χ4n) is 2.49. The molecular formula is C19H20N4O4S3. The molecule has 1 N–H and O–H groups in total. The van der Waals surface area contributed by atoms with E-state index < -0.39 is 22.5 Å². The molecule has 8 nitrogen and oxygen atoms in total. The molecule has 0 saturated carbocycles. The Labute approximate surface area is 183 Å². The molecule has 11 heteroatoms. The van der Waals surface area contributed by atoms with Crippen molar-refractivity contribution in [2.45, 2.75) is 10.1 Å². The number of thioether (sulfide) groups is 1. The summed E-state index contributed by atoms with van der Waals surface area (Å²) in [6.07, 6.45) is 1.04. The number of sulfonamides is 1. The number of rotatable bonds is 9. The van der Waals surface area contributed by atoms with Crippen LogP contribution in [0.3, 0.4) is 0 Å². The predicted molar refractivity (Wildman–Crippen MR) is 120 cm³/mol. The molecule has 0 spiro atoms. The number of ether oxygens (including phenoxy) is 1. The van der Waals surface area contributed by atoms with Gasteiger partial charge in [0.15, 0.2) is 4.34 Å². The zero-order chi connectivity index (χ0) is 21.6. The van der Waals surface area contributed by atoms with Crippen LogP contribution in [0.25, 0.3) is 0 Å². The van der Waals surface area contributed by atoms with Crippen LogP contribution < -0.4 is 14.4 Å². The van der Waals surface area contributed by atoms with Gasteiger partial charge in [0.1, 0.15) is 12.3 Å². The summed E-state index contributed by atoms with van der Waals surface area (Å²) in [4.78, 5) is 12.5. The first-order valence-electron chi connectivity index (χ1n) is 8.77. The van der Waals surface area contributed by atoms with Crippen LogP contribution in [0.5, 0.6) is 5.75 Å². The van der Waals surface area contributed by atoms with E-state index in [0.717, 1.165) is 21.9 Å². The van der Waals surface area contributed by atoms with Crippen LogP contribution >= 0.6 is 23.1 Å². The van der Waals surface area contributed by atoms with E-state index in [2.05, 4.69) is 15.5 Å². The van der Waals surface area contributed by atoms with Crippen LogP contribution in [0.2, 0.25) is 0 Å². The molecule has 1 amide bonds. The van der Waals surface area contributed by atoms with Crippen LogP contribution in [0.4, 0.5) is 10.8 Å². The Bertz CT molecular complexity index is 1100. The zero-order valence-electron chi connectivity index (χ0n) is 16.3. The molecular weight excluding hydrogens is 444 g/mol. The van der Waals surface area contributed by atoms with Crippen molar-refractivity contribution in [2.75, 3.05) is 29.5 Å². The smallest absolute Gasteiger partial charge is 0.246 e. The van der Waals surface area contributed by atoms with Crippen LogP contribution in [0, 0.1) is 0 Å². The Morgan fingerprint density at radius 3 is 2.63 bits per heavy atom. The summed E-state index contributed by atoms with van der Waals surface area (Å²) in [5.41, 5.74) is 1.49. The Morgan fingerprint density at radius 2 is 1.93 bits per heavy atom. The lowest BCUT2D eigenvalue weighted by Gasteiger charge is -2.21. The molecule has 2 aromatic carbocycles. The van der Waals surface area contributed by atoms with Gasteiger partial charge in [-0.3, -0.25) is 14.4 Å². The van der Waals surface area contributed by atoms with E-state index in [1.54, 1.807) is 24.3 Å². The standard InChI is InChI=1S/C19H20N4O4S3/c1-27-16-10-6-9-15(11-16)23(30(2,25)26)12-17(24)20-18-21-22-19(29-18)28-13-14-7-4-3-5-8-14/h3-11H,12-13H2,1-2H3,(H,20,21,24). The van der Waals surface area contributed by atoms with Gasteiger partial charge in [-0.2, -0.15) is 0 Å². The van der Waals surface area contributed by atoms with E-state index in [1.807, 2.05) is 30.3 Å². The Morgan fingerprint density at radius 1 is 1.17 bits per heavy atom. The number of anilines is 2. The molecule has 0 aliphatic carbocycles. The van der Waals surface area contributed by atoms with E-state index in [9.17, 15) is 13.2 Å². The lowest BCUT2D eigenvalue weighted by molar-refractivity contribution is -0.114. The normalized spacial score (nSPS) is 11.1. The second-order valence-electron chi connectivity index (χ2n) is 6.17. The van der Waals surface area contributed by atoms with E-state index >= 15 is 0 Å². The van der Waals surface area contributed by atoms with E-state index in [4.69, 9.17) is 4.74 Å². The van der Waals surface area contributed by atoms with Crippen molar-refractivity contribution in [3.05, 3.63) is 60.2 Å². The summed E-state index contributed by atoms with van der Waals surface area (Å²) in [6, 6.07) is 16.4. The topological polar surface area (TPSA) is 101 Å². The third-order valence-electron chi connectivity index (χ3n) is 3.89. The molecule has 0 radical (unpaired) electrons. The highest BCUT2D eigenvalue weighted by Gasteiger charge is 2.22. The third-order valence-corrected chi connectivity index (χ3v) is 7.07. The Hall–Kier alpha value is -2.63. The average molecular weight is 465 g/mol. The maximum Gasteiger partial charge on any atom is 0.246 e. The van der Waals surface area contributed by atoms with Gasteiger partial charge in [-0.1, -0.05) is 59.5 Å². The first kappa shape index (κ1) is 22.1. The summed E-state index contributed by atoms with van der Waals surface area (Å²) < 4.78 is 31.3. The molecule has 0 atom stereocenters. The Kier molecular flexibility index (Phi) is 7.29. The molecule has 1 aromatic heterocycles. The fourth-order valence-corrected chi connectivity index (χ4v) is 5.07. The summed E-state index contributed by atoms with van der Waals surface area (Å²) in [5.74, 6) is 0.714. The lowest BCUT2D eigenvalue weighted by Crippen LogP contribution is -2.37. The van der Waals surface area contributed by atoms with Crippen LogP contribution in [-0.2, 0) is 20.6 Å². The molecule has 0 aliphatic rings. The number of amides is 1. The van der Waals surface area contributed by atoms with E-state index in [0.29, 0.717) is 20.9 Å². The van der Waals surface area contributed by atoms with Gasteiger partial charge in [0.25, 0.3) is 0 Å². The number of carbonyl (C=O) groups is 1. The van der Waals surface area contributed by atoms with Gasteiger partial charge in [-0.05, 0) is 17.7 Å². The number of carbonyl (C=O) groups excluding carboxylic acids is 1. The van der Waals surface area contributed by atoms with Crippen molar-refractivity contribution in [1.29, 1.82) is 0 Å².